The normalized spacial score (nSPS) is 21.5. The first-order chi connectivity index (χ1) is 4.88. The lowest BCUT2D eigenvalue weighted by atomic mass is 10.3. The second-order valence-corrected chi connectivity index (χ2v) is 2.32. The summed E-state index contributed by atoms with van der Waals surface area (Å²) in [7, 11) is 0. The minimum absolute atomic E-state index is 1.15. The fourth-order valence-electron chi connectivity index (χ4n) is 1.05. The van der Waals surface area contributed by atoms with Gasteiger partial charge in [-0.25, -0.2) is 0 Å². The van der Waals surface area contributed by atoms with Gasteiger partial charge in [0, 0.05) is 6.20 Å². The van der Waals surface area contributed by atoms with Crippen molar-refractivity contribution < 1.29 is 0 Å². The Morgan fingerprint density at radius 3 is 3.10 bits per heavy atom. The van der Waals surface area contributed by atoms with Crippen LogP contribution in [0.25, 0.3) is 0 Å². The van der Waals surface area contributed by atoms with Crippen LogP contribution in [0.2, 0.25) is 0 Å². The number of nitrogens with zero attached hydrogens (tertiary/aromatic N) is 1. The molecule has 0 spiro atoms. The molecule has 2 heterocycles. The molecule has 2 aliphatic rings. The molecule has 0 atom stereocenters. The molecule has 2 rings (SSSR count). The van der Waals surface area contributed by atoms with Crippen molar-refractivity contribution in [2.24, 2.45) is 0 Å². The monoisotopic (exact) mass is 135 g/mol. The van der Waals surface area contributed by atoms with Gasteiger partial charge >= 0.3 is 0 Å². The molecule has 0 bridgehead atoms. The topological polar surface area (TPSA) is 27.3 Å². The second-order valence-electron chi connectivity index (χ2n) is 2.32. The summed E-state index contributed by atoms with van der Waals surface area (Å²) in [6.07, 6.45) is 8.03. The number of rotatable bonds is 0. The summed E-state index contributed by atoms with van der Waals surface area (Å²) in [6.45, 7) is 2.03. The number of allylic oxidation sites excluding steroid dienone is 4. The maximum atomic E-state index is 3.01. The Hall–Kier alpha value is -1.22. The molecule has 0 saturated heterocycles. The Balaban J connectivity index is 2.39. The first-order valence-electron chi connectivity index (χ1n) is 3.24. The molecule has 0 amide bonds. The first kappa shape index (κ1) is 5.56. The average molecular weight is 135 g/mol. The van der Waals surface area contributed by atoms with E-state index in [1.807, 2.05) is 30.3 Å². The molecular weight excluding hydrogens is 126 g/mol. The summed E-state index contributed by atoms with van der Waals surface area (Å²) in [5, 5.41) is 1.94. The SMILES string of the molecule is CC1=C2C=CC=CN2NN1. The van der Waals surface area contributed by atoms with Gasteiger partial charge in [0.1, 0.15) is 0 Å². The van der Waals surface area contributed by atoms with Crippen LogP contribution < -0.4 is 11.0 Å². The highest BCUT2D eigenvalue weighted by molar-refractivity contribution is 5.32. The van der Waals surface area contributed by atoms with Crippen LogP contribution in [-0.4, -0.2) is 5.01 Å². The van der Waals surface area contributed by atoms with Crippen molar-refractivity contribution in [1.29, 1.82) is 0 Å². The summed E-state index contributed by atoms with van der Waals surface area (Å²) >= 11 is 0. The largest absolute Gasteiger partial charge is 0.306 e. The van der Waals surface area contributed by atoms with Crippen LogP contribution in [0.15, 0.2) is 35.8 Å². The van der Waals surface area contributed by atoms with Crippen LogP contribution in [0.3, 0.4) is 0 Å². The van der Waals surface area contributed by atoms with Crippen LogP contribution in [0.5, 0.6) is 0 Å². The zero-order chi connectivity index (χ0) is 6.97. The number of hydrogen-bond acceptors (Lipinski definition) is 3. The minimum atomic E-state index is 1.15. The number of nitrogens with one attached hydrogen (secondary N) is 2. The molecule has 52 valence electrons. The van der Waals surface area contributed by atoms with Crippen LogP contribution in [0.1, 0.15) is 6.92 Å². The Morgan fingerprint density at radius 1 is 1.40 bits per heavy atom. The molecule has 0 unspecified atom stereocenters. The third-order valence-electron chi connectivity index (χ3n) is 1.61. The van der Waals surface area contributed by atoms with Gasteiger partial charge < -0.3 is 5.43 Å². The smallest absolute Gasteiger partial charge is 0.0789 e. The van der Waals surface area contributed by atoms with E-state index in [4.69, 9.17) is 0 Å². The molecule has 0 fully saturated rings. The van der Waals surface area contributed by atoms with Gasteiger partial charge in [0.05, 0.1) is 11.4 Å². The first-order valence-corrected chi connectivity index (χ1v) is 3.24. The highest BCUT2D eigenvalue weighted by atomic mass is 15.7. The van der Waals surface area contributed by atoms with E-state index in [2.05, 4.69) is 17.0 Å². The highest BCUT2D eigenvalue weighted by Gasteiger charge is 2.14. The van der Waals surface area contributed by atoms with Gasteiger partial charge in [-0.3, -0.25) is 5.01 Å². The molecule has 0 aromatic rings. The van der Waals surface area contributed by atoms with E-state index >= 15 is 0 Å². The van der Waals surface area contributed by atoms with Crippen molar-refractivity contribution in [2.45, 2.75) is 6.92 Å². The number of hydrogen-bond donors (Lipinski definition) is 2. The standard InChI is InChI=1S/C7H9N3/c1-6-7-4-2-3-5-10(7)9-8-6/h2-5,8-9H,1H3. The Kier molecular flexibility index (Phi) is 1.05. The third kappa shape index (κ3) is 0.642. The molecule has 3 nitrogen and oxygen atoms in total. The van der Waals surface area contributed by atoms with Crippen molar-refractivity contribution >= 4 is 0 Å². The van der Waals surface area contributed by atoms with Crippen molar-refractivity contribution in [3.63, 3.8) is 0 Å². The van der Waals surface area contributed by atoms with Crippen LogP contribution in [-0.2, 0) is 0 Å². The van der Waals surface area contributed by atoms with Gasteiger partial charge in [-0.15, -0.1) is 5.53 Å². The fourth-order valence-corrected chi connectivity index (χ4v) is 1.05. The zero-order valence-electron chi connectivity index (χ0n) is 5.76. The van der Waals surface area contributed by atoms with Crippen LogP contribution >= 0.6 is 0 Å². The molecule has 3 heteroatoms. The van der Waals surface area contributed by atoms with E-state index in [9.17, 15) is 0 Å². The minimum Gasteiger partial charge on any atom is -0.306 e. The van der Waals surface area contributed by atoms with Crippen molar-refractivity contribution in [3.8, 4) is 0 Å². The van der Waals surface area contributed by atoms with E-state index < -0.39 is 0 Å². The Bertz CT molecular complexity index is 237. The summed E-state index contributed by atoms with van der Waals surface area (Å²) < 4.78 is 0. The lowest BCUT2D eigenvalue weighted by Gasteiger charge is -2.15. The van der Waals surface area contributed by atoms with E-state index in [1.165, 1.54) is 5.70 Å². The summed E-state index contributed by atoms with van der Waals surface area (Å²) in [6, 6.07) is 0. The Morgan fingerprint density at radius 2 is 2.30 bits per heavy atom. The molecule has 2 aliphatic heterocycles. The highest BCUT2D eigenvalue weighted by Crippen LogP contribution is 2.15. The molecule has 0 aliphatic carbocycles. The van der Waals surface area contributed by atoms with Crippen molar-refractivity contribution in [1.82, 2.24) is 16.0 Å². The predicted octanol–water partition coefficient (Wildman–Crippen LogP) is 0.626. The molecule has 0 radical (unpaired) electrons. The second kappa shape index (κ2) is 1.88. The fraction of sp³-hybridized carbons (Fsp3) is 0.143. The average Bonchev–Trinajstić information content (AvgIpc) is 2.34. The summed E-state index contributed by atoms with van der Waals surface area (Å²) in [5.41, 5.74) is 8.33. The summed E-state index contributed by atoms with van der Waals surface area (Å²) in [5.74, 6) is 0. The van der Waals surface area contributed by atoms with Gasteiger partial charge in [-0.05, 0) is 19.1 Å². The van der Waals surface area contributed by atoms with Gasteiger partial charge in [0.25, 0.3) is 0 Å². The number of hydrazine groups is 2. The van der Waals surface area contributed by atoms with E-state index in [0.717, 1.165) is 5.70 Å². The molecule has 10 heavy (non-hydrogen) atoms. The van der Waals surface area contributed by atoms with Gasteiger partial charge in [-0.2, -0.15) is 0 Å². The molecular formula is C7H9N3. The lowest BCUT2D eigenvalue weighted by molar-refractivity contribution is 0.348. The Labute approximate surface area is 59.6 Å². The van der Waals surface area contributed by atoms with Crippen LogP contribution in [0, 0.1) is 0 Å². The molecule has 0 aromatic heterocycles. The van der Waals surface area contributed by atoms with Crippen molar-refractivity contribution in [3.05, 3.63) is 35.8 Å². The lowest BCUT2D eigenvalue weighted by Crippen LogP contribution is -2.34. The molecule has 0 aromatic carbocycles. The maximum Gasteiger partial charge on any atom is 0.0789 e. The van der Waals surface area contributed by atoms with Crippen LogP contribution in [0.4, 0.5) is 0 Å². The molecule has 0 saturated carbocycles. The zero-order valence-corrected chi connectivity index (χ0v) is 5.76. The van der Waals surface area contributed by atoms with Gasteiger partial charge in [-0.1, -0.05) is 6.08 Å². The summed E-state index contributed by atoms with van der Waals surface area (Å²) in [4.78, 5) is 0. The molecule has 2 N–H and O–H groups in total. The third-order valence-corrected chi connectivity index (χ3v) is 1.61. The number of fused-ring (bicyclic) bond motifs is 1. The van der Waals surface area contributed by atoms with E-state index in [1.54, 1.807) is 0 Å². The predicted molar refractivity (Wildman–Crippen MR) is 39.1 cm³/mol. The van der Waals surface area contributed by atoms with Crippen molar-refractivity contribution in [2.75, 3.05) is 0 Å². The van der Waals surface area contributed by atoms with Gasteiger partial charge in [0.15, 0.2) is 0 Å². The van der Waals surface area contributed by atoms with E-state index in [0.29, 0.717) is 0 Å². The maximum absolute atomic E-state index is 3.01. The quantitative estimate of drug-likeness (QED) is 0.510. The van der Waals surface area contributed by atoms with E-state index in [-0.39, 0.29) is 0 Å². The van der Waals surface area contributed by atoms with Gasteiger partial charge in [0.2, 0.25) is 0 Å².